The molecule has 1 heterocycles. The SMILES string of the molecule is CN(C)C(=O)[C@@H]1CC(=O)CN1. The molecule has 11 heavy (non-hydrogen) atoms. The van der Waals surface area contributed by atoms with E-state index in [0.717, 1.165) is 0 Å². The summed E-state index contributed by atoms with van der Waals surface area (Å²) in [5, 5.41) is 2.85. The lowest BCUT2D eigenvalue weighted by atomic mass is 10.2. The summed E-state index contributed by atoms with van der Waals surface area (Å²) in [4.78, 5) is 23.4. The number of likely N-dealkylation sites (N-methyl/N-ethyl adjacent to an activating group) is 1. The second kappa shape index (κ2) is 3.00. The smallest absolute Gasteiger partial charge is 0.239 e. The van der Waals surface area contributed by atoms with Crippen LogP contribution >= 0.6 is 0 Å². The van der Waals surface area contributed by atoms with Crippen LogP contribution in [0.25, 0.3) is 0 Å². The van der Waals surface area contributed by atoms with Crippen LogP contribution in [-0.4, -0.2) is 43.3 Å². The molecule has 0 spiro atoms. The number of carbonyl (C=O) groups is 2. The minimum Gasteiger partial charge on any atom is -0.347 e. The molecule has 0 aromatic rings. The van der Waals surface area contributed by atoms with Gasteiger partial charge < -0.3 is 4.90 Å². The third-order valence-electron chi connectivity index (χ3n) is 1.72. The first kappa shape index (κ1) is 8.20. The zero-order chi connectivity index (χ0) is 8.43. The molecule has 62 valence electrons. The van der Waals surface area contributed by atoms with E-state index in [1.807, 2.05) is 0 Å². The average molecular weight is 156 g/mol. The van der Waals surface area contributed by atoms with Gasteiger partial charge in [-0.3, -0.25) is 14.9 Å². The van der Waals surface area contributed by atoms with Gasteiger partial charge in [0.15, 0.2) is 0 Å². The van der Waals surface area contributed by atoms with Crippen molar-refractivity contribution in [2.75, 3.05) is 20.6 Å². The second-order valence-electron chi connectivity index (χ2n) is 2.91. The zero-order valence-electron chi connectivity index (χ0n) is 6.76. The van der Waals surface area contributed by atoms with Gasteiger partial charge in [0.1, 0.15) is 5.78 Å². The number of hydrogen-bond acceptors (Lipinski definition) is 3. The lowest BCUT2D eigenvalue weighted by molar-refractivity contribution is -0.131. The van der Waals surface area contributed by atoms with Gasteiger partial charge in [0.05, 0.1) is 12.6 Å². The Bertz CT molecular complexity index is 189. The summed E-state index contributed by atoms with van der Waals surface area (Å²) in [5.74, 6) is 0.0982. The summed E-state index contributed by atoms with van der Waals surface area (Å²) in [7, 11) is 3.37. The summed E-state index contributed by atoms with van der Waals surface area (Å²) < 4.78 is 0. The van der Waals surface area contributed by atoms with Crippen LogP contribution in [0.5, 0.6) is 0 Å². The number of amides is 1. The van der Waals surface area contributed by atoms with E-state index in [0.29, 0.717) is 13.0 Å². The van der Waals surface area contributed by atoms with Crippen molar-refractivity contribution >= 4 is 11.7 Å². The van der Waals surface area contributed by atoms with Crippen molar-refractivity contribution in [2.24, 2.45) is 0 Å². The summed E-state index contributed by atoms with van der Waals surface area (Å²) in [5.41, 5.74) is 0. The van der Waals surface area contributed by atoms with Gasteiger partial charge in [0.2, 0.25) is 5.91 Å². The topological polar surface area (TPSA) is 49.4 Å². The van der Waals surface area contributed by atoms with Crippen molar-refractivity contribution in [3.8, 4) is 0 Å². The highest BCUT2D eigenvalue weighted by atomic mass is 16.2. The van der Waals surface area contributed by atoms with Gasteiger partial charge in [-0.05, 0) is 0 Å². The molecular formula is C7H12N2O2. The van der Waals surface area contributed by atoms with E-state index < -0.39 is 0 Å². The highest BCUT2D eigenvalue weighted by Crippen LogP contribution is 2.03. The predicted octanol–water partition coefficient (Wildman–Crippen LogP) is -0.994. The lowest BCUT2D eigenvalue weighted by Gasteiger charge is -2.14. The molecule has 0 aliphatic carbocycles. The van der Waals surface area contributed by atoms with Crippen LogP contribution in [0.15, 0.2) is 0 Å². The highest BCUT2D eigenvalue weighted by molar-refractivity contribution is 5.93. The number of rotatable bonds is 1. The molecule has 1 fully saturated rings. The lowest BCUT2D eigenvalue weighted by Crippen LogP contribution is -2.39. The highest BCUT2D eigenvalue weighted by Gasteiger charge is 2.28. The molecule has 0 radical (unpaired) electrons. The van der Waals surface area contributed by atoms with Gasteiger partial charge in [0.25, 0.3) is 0 Å². The van der Waals surface area contributed by atoms with Gasteiger partial charge >= 0.3 is 0 Å². The maximum Gasteiger partial charge on any atom is 0.239 e. The van der Waals surface area contributed by atoms with Crippen molar-refractivity contribution < 1.29 is 9.59 Å². The monoisotopic (exact) mass is 156 g/mol. The Morgan fingerprint density at radius 3 is 2.64 bits per heavy atom. The maximum absolute atomic E-state index is 11.2. The number of carbonyl (C=O) groups excluding carboxylic acids is 2. The predicted molar refractivity (Wildman–Crippen MR) is 40.1 cm³/mol. The third-order valence-corrected chi connectivity index (χ3v) is 1.72. The van der Waals surface area contributed by atoms with Gasteiger partial charge in [-0.1, -0.05) is 0 Å². The number of nitrogens with one attached hydrogen (secondary N) is 1. The fraction of sp³-hybridized carbons (Fsp3) is 0.714. The average Bonchev–Trinajstić information content (AvgIpc) is 2.34. The minimum atomic E-state index is -0.280. The van der Waals surface area contributed by atoms with E-state index in [2.05, 4.69) is 5.32 Å². The molecule has 1 N–H and O–H groups in total. The summed E-state index contributed by atoms with van der Waals surface area (Å²) in [6.07, 6.45) is 0.344. The van der Waals surface area contributed by atoms with Crippen molar-refractivity contribution in [3.63, 3.8) is 0 Å². The van der Waals surface area contributed by atoms with E-state index in [4.69, 9.17) is 0 Å². The molecule has 0 aromatic carbocycles. The molecule has 1 amide bonds. The summed E-state index contributed by atoms with van der Waals surface area (Å²) in [6.45, 7) is 0.338. The van der Waals surface area contributed by atoms with Gasteiger partial charge in [-0.15, -0.1) is 0 Å². The zero-order valence-corrected chi connectivity index (χ0v) is 6.76. The summed E-state index contributed by atoms with van der Waals surface area (Å²) >= 11 is 0. The number of ketones is 1. The summed E-state index contributed by atoms with van der Waals surface area (Å²) in [6, 6.07) is -0.280. The first-order valence-corrected chi connectivity index (χ1v) is 3.57. The fourth-order valence-corrected chi connectivity index (χ4v) is 1.10. The molecule has 1 aliphatic rings. The van der Waals surface area contributed by atoms with Crippen molar-refractivity contribution in [1.29, 1.82) is 0 Å². The molecule has 1 saturated heterocycles. The van der Waals surface area contributed by atoms with E-state index in [9.17, 15) is 9.59 Å². The van der Waals surface area contributed by atoms with E-state index in [-0.39, 0.29) is 17.7 Å². The minimum absolute atomic E-state index is 0.0177. The van der Waals surface area contributed by atoms with E-state index in [1.54, 1.807) is 14.1 Å². The second-order valence-corrected chi connectivity index (χ2v) is 2.91. The Labute approximate surface area is 65.6 Å². The van der Waals surface area contributed by atoms with Gasteiger partial charge in [-0.25, -0.2) is 0 Å². The molecule has 0 unspecified atom stereocenters. The molecule has 0 aromatic heterocycles. The molecule has 1 rings (SSSR count). The molecular weight excluding hydrogens is 144 g/mol. The maximum atomic E-state index is 11.2. The largest absolute Gasteiger partial charge is 0.347 e. The van der Waals surface area contributed by atoms with Crippen LogP contribution < -0.4 is 5.32 Å². The Hall–Kier alpha value is -0.900. The first-order chi connectivity index (χ1) is 5.11. The number of hydrogen-bond donors (Lipinski definition) is 1. The fourth-order valence-electron chi connectivity index (χ4n) is 1.10. The number of Topliss-reactive ketones (excluding diaryl/α,β-unsaturated/α-hetero) is 1. The van der Waals surface area contributed by atoms with E-state index >= 15 is 0 Å². The molecule has 4 heteroatoms. The molecule has 0 saturated carbocycles. The Balaban J connectivity index is 2.50. The molecule has 1 aliphatic heterocycles. The van der Waals surface area contributed by atoms with Crippen molar-refractivity contribution in [2.45, 2.75) is 12.5 Å². The Morgan fingerprint density at radius 2 is 2.27 bits per heavy atom. The number of nitrogens with zero attached hydrogens (tertiary/aromatic N) is 1. The Morgan fingerprint density at radius 1 is 1.64 bits per heavy atom. The molecule has 1 atom stereocenters. The van der Waals surface area contributed by atoms with Crippen LogP contribution in [0.2, 0.25) is 0 Å². The molecule has 4 nitrogen and oxygen atoms in total. The van der Waals surface area contributed by atoms with Crippen LogP contribution in [0.4, 0.5) is 0 Å². The van der Waals surface area contributed by atoms with Crippen LogP contribution in [-0.2, 0) is 9.59 Å². The standard InChI is InChI=1S/C7H12N2O2/c1-9(2)7(11)6-3-5(10)4-8-6/h6,8H,3-4H2,1-2H3/t6-/m0/s1. The first-order valence-electron chi connectivity index (χ1n) is 3.57. The van der Waals surface area contributed by atoms with E-state index in [1.165, 1.54) is 4.90 Å². The third kappa shape index (κ3) is 1.77. The Kier molecular flexibility index (Phi) is 2.24. The normalized spacial score (nSPS) is 23.8. The molecule has 0 bridgehead atoms. The van der Waals surface area contributed by atoms with Crippen molar-refractivity contribution in [3.05, 3.63) is 0 Å². The van der Waals surface area contributed by atoms with Crippen LogP contribution in [0.1, 0.15) is 6.42 Å². The van der Waals surface area contributed by atoms with Crippen LogP contribution in [0.3, 0.4) is 0 Å². The van der Waals surface area contributed by atoms with Gasteiger partial charge in [0, 0.05) is 20.5 Å². The van der Waals surface area contributed by atoms with Gasteiger partial charge in [-0.2, -0.15) is 0 Å². The van der Waals surface area contributed by atoms with Crippen LogP contribution in [0, 0.1) is 0 Å². The van der Waals surface area contributed by atoms with Crippen molar-refractivity contribution in [1.82, 2.24) is 10.2 Å². The quantitative estimate of drug-likeness (QED) is 0.530.